The summed E-state index contributed by atoms with van der Waals surface area (Å²) in [5.74, 6) is 0. The van der Waals surface area contributed by atoms with Crippen LogP contribution in [-0.2, 0) is 0 Å². The zero-order chi connectivity index (χ0) is 8.55. The Kier molecular flexibility index (Phi) is 1.51. The van der Waals surface area contributed by atoms with Gasteiger partial charge in [-0.1, -0.05) is 36.9 Å². The van der Waals surface area contributed by atoms with Gasteiger partial charge in [0, 0.05) is 21.5 Å². The van der Waals surface area contributed by atoms with Crippen molar-refractivity contribution in [3.63, 3.8) is 0 Å². The van der Waals surface area contributed by atoms with Crippen molar-refractivity contribution in [2.45, 2.75) is 6.92 Å². The molecule has 0 spiro atoms. The Labute approximate surface area is 71.0 Å². The zero-order valence-corrected chi connectivity index (χ0v) is 7.09. The Bertz CT molecular complexity index is 505. The number of aromatic nitrogens is 1. The van der Waals surface area contributed by atoms with Crippen LogP contribution in [0.25, 0.3) is 23.4 Å². The van der Waals surface area contributed by atoms with Gasteiger partial charge in [0.15, 0.2) is 0 Å². The van der Waals surface area contributed by atoms with Crippen molar-refractivity contribution in [3.05, 3.63) is 35.0 Å². The molecule has 0 amide bonds. The van der Waals surface area contributed by atoms with Crippen LogP contribution in [0.5, 0.6) is 0 Å². The third-order valence-electron chi connectivity index (χ3n) is 2.12. The summed E-state index contributed by atoms with van der Waals surface area (Å²) in [4.78, 5) is 3.24. The standard InChI is InChI=1S/C11H11N/c1-3-11-10-7-5-4-6-9(10)8(2)12-11/h3-7,12H,2H2,1H3/b11-3-. The number of aromatic amines is 1. The molecule has 0 aliphatic carbocycles. The molecule has 1 heterocycles. The second kappa shape index (κ2) is 2.52. The lowest BCUT2D eigenvalue weighted by Gasteiger charge is -1.85. The zero-order valence-electron chi connectivity index (χ0n) is 7.09. The molecule has 12 heavy (non-hydrogen) atoms. The molecule has 1 aromatic heterocycles. The maximum Gasteiger partial charge on any atom is 0.0421 e. The number of rotatable bonds is 0. The van der Waals surface area contributed by atoms with Crippen molar-refractivity contribution >= 4 is 23.4 Å². The van der Waals surface area contributed by atoms with E-state index < -0.39 is 0 Å². The fourth-order valence-electron chi connectivity index (χ4n) is 1.51. The average Bonchev–Trinajstić information content (AvgIpc) is 2.44. The Morgan fingerprint density at radius 1 is 1.25 bits per heavy atom. The van der Waals surface area contributed by atoms with Gasteiger partial charge in [-0.2, -0.15) is 0 Å². The molecule has 0 saturated carbocycles. The van der Waals surface area contributed by atoms with E-state index in [4.69, 9.17) is 0 Å². The largest absolute Gasteiger partial charge is 0.355 e. The van der Waals surface area contributed by atoms with E-state index in [-0.39, 0.29) is 0 Å². The van der Waals surface area contributed by atoms with Crippen LogP contribution < -0.4 is 10.7 Å². The first-order valence-corrected chi connectivity index (χ1v) is 4.05. The van der Waals surface area contributed by atoms with Crippen molar-refractivity contribution in [1.29, 1.82) is 0 Å². The number of H-pyrrole nitrogens is 1. The van der Waals surface area contributed by atoms with Gasteiger partial charge in [0.1, 0.15) is 0 Å². The van der Waals surface area contributed by atoms with Crippen molar-refractivity contribution in [1.82, 2.24) is 4.98 Å². The number of hydrogen-bond acceptors (Lipinski definition) is 0. The van der Waals surface area contributed by atoms with Crippen LogP contribution in [0.15, 0.2) is 24.3 Å². The van der Waals surface area contributed by atoms with Crippen LogP contribution in [0, 0.1) is 0 Å². The summed E-state index contributed by atoms with van der Waals surface area (Å²) in [6.07, 6.45) is 2.07. The van der Waals surface area contributed by atoms with Crippen molar-refractivity contribution < 1.29 is 0 Å². The molecule has 1 heteroatoms. The number of nitrogens with one attached hydrogen (secondary N) is 1. The van der Waals surface area contributed by atoms with Gasteiger partial charge in [-0.25, -0.2) is 0 Å². The highest BCUT2D eigenvalue weighted by Crippen LogP contribution is 2.02. The van der Waals surface area contributed by atoms with Gasteiger partial charge >= 0.3 is 0 Å². The minimum Gasteiger partial charge on any atom is -0.355 e. The molecule has 0 fully saturated rings. The SMILES string of the molecule is C=c1[nH]/c(=C\C)c2ccccc12. The lowest BCUT2D eigenvalue weighted by Crippen LogP contribution is -2.06. The molecule has 0 saturated heterocycles. The van der Waals surface area contributed by atoms with Crippen LogP contribution in [0.4, 0.5) is 0 Å². The maximum absolute atomic E-state index is 3.94. The van der Waals surface area contributed by atoms with Crippen LogP contribution in [-0.4, -0.2) is 4.98 Å². The average molecular weight is 157 g/mol. The summed E-state index contributed by atoms with van der Waals surface area (Å²) >= 11 is 0. The molecule has 0 unspecified atom stereocenters. The highest BCUT2D eigenvalue weighted by molar-refractivity contribution is 5.83. The summed E-state index contributed by atoms with van der Waals surface area (Å²) in [6, 6.07) is 8.27. The minimum absolute atomic E-state index is 0.999. The molecule has 2 aromatic rings. The Balaban J connectivity index is 3.12. The predicted octanol–water partition coefficient (Wildman–Crippen LogP) is 1.38. The number of hydrogen-bond donors (Lipinski definition) is 1. The lowest BCUT2D eigenvalue weighted by atomic mass is 10.2. The smallest absolute Gasteiger partial charge is 0.0421 e. The maximum atomic E-state index is 3.94. The van der Waals surface area contributed by atoms with E-state index in [1.54, 1.807) is 0 Å². The summed E-state index contributed by atoms with van der Waals surface area (Å²) in [7, 11) is 0. The van der Waals surface area contributed by atoms with Crippen molar-refractivity contribution in [2.24, 2.45) is 0 Å². The summed E-state index contributed by atoms with van der Waals surface area (Å²) in [5.41, 5.74) is 0. The van der Waals surface area contributed by atoms with Gasteiger partial charge in [-0.3, -0.25) is 0 Å². The van der Waals surface area contributed by atoms with Crippen molar-refractivity contribution in [2.75, 3.05) is 0 Å². The van der Waals surface area contributed by atoms with Gasteiger partial charge in [0.2, 0.25) is 0 Å². The Morgan fingerprint density at radius 2 is 1.92 bits per heavy atom. The minimum atomic E-state index is 0.999. The molecule has 1 nitrogen and oxygen atoms in total. The van der Waals surface area contributed by atoms with E-state index in [2.05, 4.69) is 29.8 Å². The highest BCUT2D eigenvalue weighted by Gasteiger charge is 1.95. The molecule has 1 N–H and O–H groups in total. The molecule has 60 valence electrons. The quantitative estimate of drug-likeness (QED) is 0.594. The van der Waals surface area contributed by atoms with Gasteiger partial charge in [-0.15, -0.1) is 0 Å². The molecular formula is C11H11N. The summed E-state index contributed by atoms with van der Waals surface area (Å²) < 4.78 is 0. The fraction of sp³-hybridized carbons (Fsp3) is 0.0909. The van der Waals surface area contributed by atoms with E-state index in [1.807, 2.05) is 19.1 Å². The topological polar surface area (TPSA) is 15.8 Å². The third-order valence-corrected chi connectivity index (χ3v) is 2.12. The first-order chi connectivity index (χ1) is 5.83. The number of fused-ring (bicyclic) bond motifs is 1. The van der Waals surface area contributed by atoms with Crippen LogP contribution >= 0.6 is 0 Å². The van der Waals surface area contributed by atoms with E-state index in [0.29, 0.717) is 0 Å². The molecule has 0 aliphatic heterocycles. The first kappa shape index (κ1) is 7.17. The van der Waals surface area contributed by atoms with Gasteiger partial charge in [-0.05, 0) is 6.92 Å². The third kappa shape index (κ3) is 0.866. The predicted molar refractivity (Wildman–Crippen MR) is 53.2 cm³/mol. The second-order valence-corrected chi connectivity index (χ2v) is 2.85. The van der Waals surface area contributed by atoms with Gasteiger partial charge in [0.05, 0.1) is 0 Å². The fourth-order valence-corrected chi connectivity index (χ4v) is 1.51. The summed E-state index contributed by atoms with van der Waals surface area (Å²) in [6.45, 7) is 5.97. The Morgan fingerprint density at radius 3 is 2.58 bits per heavy atom. The lowest BCUT2D eigenvalue weighted by molar-refractivity contribution is 1.29. The van der Waals surface area contributed by atoms with Crippen LogP contribution in [0.3, 0.4) is 0 Å². The van der Waals surface area contributed by atoms with Crippen molar-refractivity contribution in [3.8, 4) is 0 Å². The normalized spacial score (nSPS) is 12.6. The first-order valence-electron chi connectivity index (χ1n) is 4.05. The van der Waals surface area contributed by atoms with Gasteiger partial charge in [0.25, 0.3) is 0 Å². The molecule has 0 radical (unpaired) electrons. The molecule has 1 aromatic carbocycles. The van der Waals surface area contributed by atoms with E-state index in [0.717, 1.165) is 10.7 Å². The molecule has 0 atom stereocenters. The molecule has 0 bridgehead atoms. The number of benzene rings is 1. The van der Waals surface area contributed by atoms with E-state index in [9.17, 15) is 0 Å². The van der Waals surface area contributed by atoms with Crippen LogP contribution in [0.1, 0.15) is 6.92 Å². The molecular weight excluding hydrogens is 146 g/mol. The molecule has 2 rings (SSSR count). The van der Waals surface area contributed by atoms with Crippen LogP contribution in [0.2, 0.25) is 0 Å². The monoisotopic (exact) mass is 157 g/mol. The molecule has 0 aliphatic rings. The van der Waals surface area contributed by atoms with E-state index >= 15 is 0 Å². The summed E-state index contributed by atoms with van der Waals surface area (Å²) in [5, 5.41) is 4.63. The second-order valence-electron chi connectivity index (χ2n) is 2.85. The highest BCUT2D eigenvalue weighted by atomic mass is 14.7. The van der Waals surface area contributed by atoms with Gasteiger partial charge < -0.3 is 4.98 Å². The Hall–Kier alpha value is -1.50. The van der Waals surface area contributed by atoms with E-state index in [1.165, 1.54) is 10.8 Å².